The van der Waals surface area contributed by atoms with E-state index in [2.05, 4.69) is 4.98 Å². The van der Waals surface area contributed by atoms with Crippen LogP contribution in [-0.4, -0.2) is 62.8 Å². The molecule has 1 spiro atoms. The van der Waals surface area contributed by atoms with Crippen molar-refractivity contribution in [1.29, 1.82) is 0 Å². The van der Waals surface area contributed by atoms with Gasteiger partial charge in [0.05, 0.1) is 6.04 Å². The molecule has 3 aliphatic rings. The van der Waals surface area contributed by atoms with Crippen LogP contribution >= 0.6 is 0 Å². The molecule has 4 rings (SSSR count). The summed E-state index contributed by atoms with van der Waals surface area (Å²) in [6.45, 7) is -0.0374. The number of aliphatic hydroxyl groups is 2. The van der Waals surface area contributed by atoms with Crippen molar-refractivity contribution in [3.05, 3.63) is 24.3 Å². The molecule has 1 aromatic heterocycles. The first-order valence-corrected chi connectivity index (χ1v) is 7.76. The molecule has 5 atom stereocenters. The van der Waals surface area contributed by atoms with Crippen LogP contribution < -0.4 is 4.74 Å². The van der Waals surface area contributed by atoms with Gasteiger partial charge in [0.2, 0.25) is 5.72 Å². The van der Waals surface area contributed by atoms with Crippen LogP contribution in [0.2, 0.25) is 0 Å². The molecule has 5 unspecified atom stereocenters. The lowest BCUT2D eigenvalue weighted by Crippen LogP contribution is -2.55. The summed E-state index contributed by atoms with van der Waals surface area (Å²) in [5, 5.41) is 20.4. The Morgan fingerprint density at radius 2 is 2.12 bits per heavy atom. The van der Waals surface area contributed by atoms with E-state index >= 15 is 0 Å². The number of halogens is 1. The Balaban J connectivity index is 1.52. The molecular formula is C15H15FN2O7. The predicted octanol–water partition coefficient (Wildman–Crippen LogP) is -0.873. The summed E-state index contributed by atoms with van der Waals surface area (Å²) in [6, 6.07) is 2.42. The summed E-state index contributed by atoms with van der Waals surface area (Å²) in [6.07, 6.45) is -1.83. The van der Waals surface area contributed by atoms with Crippen molar-refractivity contribution >= 4 is 11.9 Å². The van der Waals surface area contributed by atoms with E-state index in [1.54, 1.807) is 0 Å². The molecule has 0 bridgehead atoms. The Kier molecular flexibility index (Phi) is 3.63. The molecule has 3 heterocycles. The Bertz CT molecular complexity index is 732. The highest BCUT2D eigenvalue weighted by atomic mass is 19.1. The first-order valence-electron chi connectivity index (χ1n) is 7.76. The fourth-order valence-electron chi connectivity index (χ4n) is 3.33. The Hall–Kier alpha value is -2.30. The van der Waals surface area contributed by atoms with Crippen LogP contribution in [0.15, 0.2) is 18.3 Å². The van der Waals surface area contributed by atoms with Gasteiger partial charge in [0, 0.05) is 18.5 Å². The average molecular weight is 354 g/mol. The average Bonchev–Trinajstić information content (AvgIpc) is 3.21. The second-order valence-corrected chi connectivity index (χ2v) is 6.29. The van der Waals surface area contributed by atoms with Gasteiger partial charge in [-0.15, -0.1) is 0 Å². The number of aromatic nitrogens is 1. The summed E-state index contributed by atoms with van der Waals surface area (Å²) < 4.78 is 24.2. The van der Waals surface area contributed by atoms with Gasteiger partial charge in [-0.05, 0) is 18.6 Å². The van der Waals surface area contributed by atoms with Crippen LogP contribution in [0.4, 0.5) is 4.39 Å². The second kappa shape index (κ2) is 5.61. The lowest BCUT2D eigenvalue weighted by molar-refractivity contribution is -0.279. The number of rotatable bonds is 3. The zero-order chi connectivity index (χ0) is 17.8. The minimum atomic E-state index is -2.04. The molecule has 2 saturated heterocycles. The van der Waals surface area contributed by atoms with Crippen molar-refractivity contribution in [3.63, 3.8) is 0 Å². The van der Waals surface area contributed by atoms with Crippen molar-refractivity contribution in [2.75, 3.05) is 6.61 Å². The van der Waals surface area contributed by atoms with Crippen molar-refractivity contribution < 1.29 is 38.5 Å². The maximum Gasteiger partial charge on any atom is 0.357 e. The summed E-state index contributed by atoms with van der Waals surface area (Å²) in [4.78, 5) is 32.4. The molecule has 10 heteroatoms. The van der Waals surface area contributed by atoms with E-state index in [9.17, 15) is 24.2 Å². The summed E-state index contributed by atoms with van der Waals surface area (Å²) >= 11 is 0. The van der Waals surface area contributed by atoms with Crippen LogP contribution in [0, 0.1) is 11.9 Å². The summed E-state index contributed by atoms with van der Waals surface area (Å²) in [7, 11) is 0. The number of aliphatic hydroxyl groups excluding tert-OH is 2. The molecule has 3 fully saturated rings. The molecule has 134 valence electrons. The minimum absolute atomic E-state index is 0.0374. The smallest absolute Gasteiger partial charge is 0.357 e. The third-order valence-corrected chi connectivity index (χ3v) is 4.68. The summed E-state index contributed by atoms with van der Waals surface area (Å²) in [5.74, 6) is -3.16. The maximum absolute atomic E-state index is 13.5. The SMILES string of the molecule is O=C1ON2C(COc3cccnc3F)CC3CC32OC(=O)C(O)C1O. The number of carbonyl (C=O) groups excluding carboxylic acids is 2. The van der Waals surface area contributed by atoms with E-state index in [-0.39, 0.29) is 18.3 Å². The van der Waals surface area contributed by atoms with Gasteiger partial charge in [0.1, 0.15) is 6.61 Å². The van der Waals surface area contributed by atoms with Crippen LogP contribution in [0.3, 0.4) is 0 Å². The first kappa shape index (κ1) is 16.2. The minimum Gasteiger partial charge on any atom is -0.487 e. The lowest BCUT2D eigenvalue weighted by Gasteiger charge is -2.34. The number of hydroxylamine groups is 2. The van der Waals surface area contributed by atoms with E-state index in [1.165, 1.54) is 23.4 Å². The number of hydrogen-bond donors (Lipinski definition) is 2. The van der Waals surface area contributed by atoms with E-state index in [1.807, 2.05) is 0 Å². The second-order valence-electron chi connectivity index (χ2n) is 6.29. The molecule has 9 nitrogen and oxygen atoms in total. The third-order valence-electron chi connectivity index (χ3n) is 4.68. The van der Waals surface area contributed by atoms with Crippen LogP contribution in [0.1, 0.15) is 12.8 Å². The molecule has 0 aromatic carbocycles. The van der Waals surface area contributed by atoms with Crippen LogP contribution in [0.25, 0.3) is 0 Å². The van der Waals surface area contributed by atoms with Crippen LogP contribution in [0.5, 0.6) is 5.75 Å². The normalized spacial score (nSPS) is 37.2. The number of esters is 1. The van der Waals surface area contributed by atoms with E-state index in [0.717, 1.165) is 0 Å². The molecule has 1 saturated carbocycles. The van der Waals surface area contributed by atoms with E-state index in [4.69, 9.17) is 14.3 Å². The lowest BCUT2D eigenvalue weighted by atomic mass is 10.2. The van der Waals surface area contributed by atoms with Gasteiger partial charge in [-0.3, -0.25) is 0 Å². The van der Waals surface area contributed by atoms with Gasteiger partial charge < -0.3 is 24.5 Å². The van der Waals surface area contributed by atoms with E-state index < -0.39 is 41.9 Å². The number of ether oxygens (including phenoxy) is 2. The number of carbonyl (C=O) groups is 2. The van der Waals surface area contributed by atoms with Gasteiger partial charge in [-0.1, -0.05) is 5.06 Å². The fraction of sp³-hybridized carbons (Fsp3) is 0.533. The molecule has 2 N–H and O–H groups in total. The van der Waals surface area contributed by atoms with Gasteiger partial charge in [-0.25, -0.2) is 14.6 Å². The molecule has 2 aliphatic heterocycles. The van der Waals surface area contributed by atoms with Gasteiger partial charge in [0.25, 0.3) is 5.95 Å². The molecule has 25 heavy (non-hydrogen) atoms. The van der Waals surface area contributed by atoms with Crippen molar-refractivity contribution in [2.45, 2.75) is 36.8 Å². The number of piperidine rings is 1. The number of nitrogens with zero attached hydrogens (tertiary/aromatic N) is 2. The number of pyridine rings is 1. The van der Waals surface area contributed by atoms with Crippen molar-refractivity contribution in [3.8, 4) is 5.75 Å². The van der Waals surface area contributed by atoms with Crippen molar-refractivity contribution in [1.82, 2.24) is 10.0 Å². The van der Waals surface area contributed by atoms with Gasteiger partial charge in [0.15, 0.2) is 18.0 Å². The topological polar surface area (TPSA) is 118 Å². The van der Waals surface area contributed by atoms with Crippen LogP contribution in [-0.2, 0) is 19.2 Å². The maximum atomic E-state index is 13.5. The molecule has 0 amide bonds. The zero-order valence-electron chi connectivity index (χ0n) is 12.9. The highest BCUT2D eigenvalue weighted by Crippen LogP contribution is 2.59. The zero-order valence-corrected chi connectivity index (χ0v) is 12.9. The Labute approximate surface area is 140 Å². The van der Waals surface area contributed by atoms with Gasteiger partial charge in [-0.2, -0.15) is 4.39 Å². The van der Waals surface area contributed by atoms with Gasteiger partial charge >= 0.3 is 11.9 Å². The van der Waals surface area contributed by atoms with Crippen molar-refractivity contribution in [2.24, 2.45) is 5.92 Å². The number of hydrogen-bond acceptors (Lipinski definition) is 9. The monoisotopic (exact) mass is 354 g/mol. The highest BCUT2D eigenvalue weighted by molar-refractivity contribution is 5.86. The first-order chi connectivity index (χ1) is 11.9. The Morgan fingerprint density at radius 1 is 1.36 bits per heavy atom. The highest BCUT2D eigenvalue weighted by Gasteiger charge is 2.72. The fourth-order valence-corrected chi connectivity index (χ4v) is 3.33. The standard InChI is InChI=1S/C15H15FN2O7/c16-12-9(2-1-3-17-12)23-6-8-4-7-5-15(7)18(8)25-14(22)11(20)10(19)13(21)24-15/h1-3,7-8,10-11,19-20H,4-6H2. The Morgan fingerprint density at radius 3 is 2.88 bits per heavy atom. The largest absolute Gasteiger partial charge is 0.487 e. The molecule has 1 aliphatic carbocycles. The molecule has 0 radical (unpaired) electrons. The quantitative estimate of drug-likeness (QED) is 0.527. The molecular weight excluding hydrogens is 339 g/mol. The predicted molar refractivity (Wildman–Crippen MR) is 75.0 cm³/mol. The summed E-state index contributed by atoms with van der Waals surface area (Å²) in [5.41, 5.74) is -1.16. The van der Waals surface area contributed by atoms with E-state index in [0.29, 0.717) is 12.8 Å². The third kappa shape index (κ3) is 2.53. The molecule has 1 aromatic rings.